The highest BCUT2D eigenvalue weighted by molar-refractivity contribution is 7.84. The van der Waals surface area contributed by atoms with Crippen molar-refractivity contribution >= 4 is 22.0 Å². The van der Waals surface area contributed by atoms with Crippen molar-refractivity contribution in [3.63, 3.8) is 0 Å². The van der Waals surface area contributed by atoms with Crippen molar-refractivity contribution in [1.29, 1.82) is 0 Å². The van der Waals surface area contributed by atoms with Gasteiger partial charge in [0.2, 0.25) is 5.16 Å². The average Bonchev–Trinajstić information content (AvgIpc) is 2.79. The summed E-state index contributed by atoms with van der Waals surface area (Å²) < 4.78 is 13.7. The van der Waals surface area contributed by atoms with Crippen LogP contribution in [-0.2, 0) is 10.8 Å². The van der Waals surface area contributed by atoms with E-state index in [1.807, 2.05) is 35.8 Å². The molecule has 3 aromatic heterocycles. The van der Waals surface area contributed by atoms with Crippen LogP contribution in [0, 0.1) is 6.92 Å². The zero-order valence-corrected chi connectivity index (χ0v) is 11.4. The molecule has 3 heterocycles. The molecule has 0 N–H and O–H groups in total. The number of aryl methyl sites for hydroxylation is 1. The number of aromatic nitrogens is 4. The minimum atomic E-state index is -1.21. The van der Waals surface area contributed by atoms with Gasteiger partial charge in [0.25, 0.3) is 0 Å². The Morgan fingerprint density at radius 3 is 2.63 bits per heavy atom. The Morgan fingerprint density at radius 1 is 1.16 bits per heavy atom. The maximum absolute atomic E-state index is 11.9. The molecule has 0 aliphatic heterocycles. The molecule has 6 heteroatoms. The standard InChI is InChI=1S/C13H12N4OS/c1-9-5-3-8-15-12(9)17-10-6-4-7-14-11(10)16-13(17)19(2)18/h3-8H,1-2H3. The fourth-order valence-electron chi connectivity index (χ4n) is 2.00. The third-order valence-electron chi connectivity index (χ3n) is 2.85. The molecule has 0 spiro atoms. The summed E-state index contributed by atoms with van der Waals surface area (Å²) in [6.45, 7) is 1.97. The van der Waals surface area contributed by atoms with Crippen LogP contribution in [0.1, 0.15) is 5.56 Å². The number of hydrogen-bond donors (Lipinski definition) is 0. The van der Waals surface area contributed by atoms with Gasteiger partial charge in [-0.1, -0.05) is 6.07 Å². The highest BCUT2D eigenvalue weighted by Gasteiger charge is 2.17. The lowest BCUT2D eigenvalue weighted by atomic mass is 10.3. The van der Waals surface area contributed by atoms with Crippen LogP contribution in [0.2, 0.25) is 0 Å². The molecule has 0 bridgehead atoms. The van der Waals surface area contributed by atoms with Crippen LogP contribution in [0.4, 0.5) is 0 Å². The third kappa shape index (κ3) is 1.94. The molecule has 0 aliphatic carbocycles. The van der Waals surface area contributed by atoms with Gasteiger partial charge < -0.3 is 0 Å². The van der Waals surface area contributed by atoms with Gasteiger partial charge in [0, 0.05) is 18.6 Å². The van der Waals surface area contributed by atoms with Crippen LogP contribution in [0.15, 0.2) is 41.8 Å². The summed E-state index contributed by atoms with van der Waals surface area (Å²) in [5.41, 5.74) is 2.39. The van der Waals surface area contributed by atoms with Crippen molar-refractivity contribution in [1.82, 2.24) is 19.5 Å². The van der Waals surface area contributed by atoms with Crippen molar-refractivity contribution in [2.24, 2.45) is 0 Å². The molecule has 5 nitrogen and oxygen atoms in total. The fraction of sp³-hybridized carbons (Fsp3) is 0.154. The summed E-state index contributed by atoms with van der Waals surface area (Å²) in [4.78, 5) is 12.9. The van der Waals surface area contributed by atoms with Gasteiger partial charge >= 0.3 is 0 Å². The molecule has 0 fully saturated rings. The molecular weight excluding hydrogens is 260 g/mol. The Bertz CT molecular complexity index is 781. The summed E-state index contributed by atoms with van der Waals surface area (Å²) in [6, 6.07) is 7.58. The average molecular weight is 272 g/mol. The van der Waals surface area contributed by atoms with E-state index in [4.69, 9.17) is 0 Å². The van der Waals surface area contributed by atoms with E-state index < -0.39 is 10.8 Å². The molecule has 0 saturated heterocycles. The van der Waals surface area contributed by atoms with Gasteiger partial charge in [-0.2, -0.15) is 4.98 Å². The summed E-state index contributed by atoms with van der Waals surface area (Å²) in [6.07, 6.45) is 5.00. The predicted molar refractivity (Wildman–Crippen MR) is 73.7 cm³/mol. The Morgan fingerprint density at radius 2 is 1.89 bits per heavy atom. The summed E-state index contributed by atoms with van der Waals surface area (Å²) in [5.74, 6) is 0.739. The van der Waals surface area contributed by atoms with Crippen molar-refractivity contribution in [2.45, 2.75) is 12.1 Å². The molecule has 3 aromatic rings. The summed E-state index contributed by atoms with van der Waals surface area (Å²) in [5, 5.41) is 0.468. The number of hydrogen-bond acceptors (Lipinski definition) is 4. The molecule has 3 rings (SSSR count). The van der Waals surface area contributed by atoms with Gasteiger partial charge in [0.05, 0.1) is 16.3 Å². The number of imidazole rings is 1. The molecule has 96 valence electrons. The maximum atomic E-state index is 11.9. The van der Waals surface area contributed by atoms with Gasteiger partial charge in [-0.25, -0.2) is 9.97 Å². The van der Waals surface area contributed by atoms with E-state index >= 15 is 0 Å². The zero-order chi connectivity index (χ0) is 13.4. The lowest BCUT2D eigenvalue weighted by molar-refractivity contribution is 0.677. The second kappa shape index (κ2) is 4.55. The molecular formula is C13H12N4OS. The van der Waals surface area contributed by atoms with Crippen molar-refractivity contribution < 1.29 is 4.21 Å². The molecule has 0 saturated carbocycles. The lowest BCUT2D eigenvalue weighted by Gasteiger charge is -2.08. The number of pyridine rings is 2. The number of nitrogens with zero attached hydrogens (tertiary/aromatic N) is 4. The van der Waals surface area contributed by atoms with Crippen LogP contribution in [0.3, 0.4) is 0 Å². The monoisotopic (exact) mass is 272 g/mol. The van der Waals surface area contributed by atoms with E-state index in [-0.39, 0.29) is 0 Å². The minimum Gasteiger partial charge on any atom is -0.267 e. The van der Waals surface area contributed by atoms with Gasteiger partial charge in [0.1, 0.15) is 5.82 Å². The summed E-state index contributed by atoms with van der Waals surface area (Å²) in [7, 11) is -1.21. The van der Waals surface area contributed by atoms with E-state index in [0.29, 0.717) is 10.8 Å². The second-order valence-corrected chi connectivity index (χ2v) is 5.45. The molecule has 0 radical (unpaired) electrons. The first kappa shape index (κ1) is 12.0. The van der Waals surface area contributed by atoms with Crippen LogP contribution < -0.4 is 0 Å². The first-order valence-electron chi connectivity index (χ1n) is 5.77. The molecule has 1 atom stereocenters. The zero-order valence-electron chi connectivity index (χ0n) is 10.6. The van der Waals surface area contributed by atoms with E-state index in [1.54, 1.807) is 18.6 Å². The Labute approximate surface area is 112 Å². The van der Waals surface area contributed by atoms with Crippen LogP contribution >= 0.6 is 0 Å². The predicted octanol–water partition coefficient (Wildman–Crippen LogP) is 1.86. The van der Waals surface area contributed by atoms with E-state index in [9.17, 15) is 4.21 Å². The lowest BCUT2D eigenvalue weighted by Crippen LogP contribution is -2.06. The second-order valence-electron chi connectivity index (χ2n) is 4.17. The van der Waals surface area contributed by atoms with Crippen molar-refractivity contribution in [3.05, 3.63) is 42.2 Å². The minimum absolute atomic E-state index is 0.468. The van der Waals surface area contributed by atoms with Crippen LogP contribution in [0.5, 0.6) is 0 Å². The highest BCUT2D eigenvalue weighted by Crippen LogP contribution is 2.22. The van der Waals surface area contributed by atoms with Gasteiger partial charge in [-0.15, -0.1) is 0 Å². The summed E-state index contributed by atoms with van der Waals surface area (Å²) >= 11 is 0. The van der Waals surface area contributed by atoms with E-state index in [2.05, 4.69) is 15.0 Å². The smallest absolute Gasteiger partial charge is 0.207 e. The van der Waals surface area contributed by atoms with Gasteiger partial charge in [0.15, 0.2) is 5.65 Å². The third-order valence-corrected chi connectivity index (χ3v) is 3.64. The first-order chi connectivity index (χ1) is 9.18. The molecule has 0 amide bonds. The first-order valence-corrected chi connectivity index (χ1v) is 7.33. The highest BCUT2D eigenvalue weighted by atomic mass is 32.2. The van der Waals surface area contributed by atoms with E-state index in [0.717, 1.165) is 16.9 Å². The van der Waals surface area contributed by atoms with Crippen LogP contribution in [0.25, 0.3) is 17.0 Å². The van der Waals surface area contributed by atoms with Crippen molar-refractivity contribution in [2.75, 3.05) is 6.26 Å². The molecule has 1 unspecified atom stereocenters. The van der Waals surface area contributed by atoms with Gasteiger partial charge in [-0.3, -0.25) is 8.78 Å². The normalized spacial score (nSPS) is 12.7. The Balaban J connectivity index is 2.42. The molecule has 0 aliphatic rings. The quantitative estimate of drug-likeness (QED) is 0.714. The number of rotatable bonds is 2. The van der Waals surface area contributed by atoms with Crippen molar-refractivity contribution in [3.8, 4) is 5.82 Å². The molecule has 19 heavy (non-hydrogen) atoms. The Kier molecular flexibility index (Phi) is 2.87. The van der Waals surface area contributed by atoms with Crippen LogP contribution in [-0.4, -0.2) is 30.0 Å². The van der Waals surface area contributed by atoms with Gasteiger partial charge in [-0.05, 0) is 30.7 Å². The largest absolute Gasteiger partial charge is 0.267 e. The van der Waals surface area contributed by atoms with E-state index in [1.165, 1.54) is 0 Å². The SMILES string of the molecule is Cc1cccnc1-n1c(S(C)=O)nc2ncccc21. The molecule has 0 aromatic carbocycles. The fourth-order valence-corrected chi connectivity index (χ4v) is 2.66. The maximum Gasteiger partial charge on any atom is 0.207 e. The number of fused-ring (bicyclic) bond motifs is 1. The Hall–Kier alpha value is -2.08. The topological polar surface area (TPSA) is 60.7 Å².